The summed E-state index contributed by atoms with van der Waals surface area (Å²) in [6, 6.07) is 0.666. The van der Waals surface area contributed by atoms with E-state index in [0.717, 1.165) is 18.4 Å². The molecule has 1 aliphatic carbocycles. The van der Waals surface area contributed by atoms with E-state index >= 15 is 0 Å². The van der Waals surface area contributed by atoms with E-state index < -0.39 is 0 Å². The third-order valence-corrected chi connectivity index (χ3v) is 4.44. The van der Waals surface area contributed by atoms with Crippen LogP contribution in [0, 0.1) is 11.8 Å². The van der Waals surface area contributed by atoms with E-state index in [9.17, 15) is 0 Å². The summed E-state index contributed by atoms with van der Waals surface area (Å²) in [6.07, 6.45) is 8.60. The van der Waals surface area contributed by atoms with Gasteiger partial charge in [0, 0.05) is 19.1 Å². The van der Waals surface area contributed by atoms with Gasteiger partial charge in [0.25, 0.3) is 0 Å². The Balaban J connectivity index is 0.00000128. The molecule has 0 amide bonds. The molecule has 2 N–H and O–H groups in total. The summed E-state index contributed by atoms with van der Waals surface area (Å²) < 4.78 is 0. The first-order chi connectivity index (χ1) is 7.31. The zero-order valence-electron chi connectivity index (χ0n) is 10.5. The molecule has 16 heavy (non-hydrogen) atoms. The van der Waals surface area contributed by atoms with Gasteiger partial charge in [-0.25, -0.2) is 0 Å². The molecule has 96 valence electrons. The van der Waals surface area contributed by atoms with Crippen molar-refractivity contribution in [3.8, 4) is 0 Å². The summed E-state index contributed by atoms with van der Waals surface area (Å²) in [7, 11) is 0. The summed E-state index contributed by atoms with van der Waals surface area (Å²) in [5, 5.41) is 0. The zero-order chi connectivity index (χ0) is 10.7. The first-order valence-corrected chi connectivity index (χ1v) is 6.75. The minimum Gasteiger partial charge on any atom is -0.329 e. The van der Waals surface area contributed by atoms with Crippen molar-refractivity contribution in [2.24, 2.45) is 17.6 Å². The maximum absolute atomic E-state index is 5.92. The molecule has 2 fully saturated rings. The number of hydrogen-bond acceptors (Lipinski definition) is 2. The normalized spacial score (nSPS) is 32.6. The van der Waals surface area contributed by atoms with Crippen LogP contribution in [0.4, 0.5) is 0 Å². The lowest BCUT2D eigenvalue weighted by Crippen LogP contribution is -2.49. The fourth-order valence-electron chi connectivity index (χ4n) is 3.47. The molecule has 0 radical (unpaired) electrons. The fourth-order valence-corrected chi connectivity index (χ4v) is 3.47. The van der Waals surface area contributed by atoms with Gasteiger partial charge < -0.3 is 5.73 Å². The second-order valence-corrected chi connectivity index (χ2v) is 5.57. The van der Waals surface area contributed by atoms with Crippen LogP contribution in [-0.2, 0) is 0 Å². The molecule has 2 nitrogen and oxygen atoms in total. The number of hydrogen-bond donors (Lipinski definition) is 1. The zero-order valence-corrected chi connectivity index (χ0v) is 11.3. The highest BCUT2D eigenvalue weighted by Crippen LogP contribution is 2.29. The van der Waals surface area contributed by atoms with E-state index in [4.69, 9.17) is 5.73 Å². The number of nitrogens with zero attached hydrogens (tertiary/aromatic N) is 1. The highest BCUT2D eigenvalue weighted by atomic mass is 35.5. The Kier molecular flexibility index (Phi) is 6.09. The van der Waals surface area contributed by atoms with Gasteiger partial charge in [-0.05, 0) is 44.1 Å². The molecule has 1 aliphatic heterocycles. The molecule has 0 spiro atoms. The molecule has 2 unspecified atom stereocenters. The molecule has 1 saturated heterocycles. The Morgan fingerprint density at radius 1 is 1.12 bits per heavy atom. The van der Waals surface area contributed by atoms with Crippen molar-refractivity contribution < 1.29 is 0 Å². The fraction of sp³-hybridized carbons (Fsp3) is 1.00. The lowest BCUT2D eigenvalue weighted by atomic mass is 9.90. The number of halogens is 1. The molecule has 2 atom stereocenters. The van der Waals surface area contributed by atoms with E-state index in [1.54, 1.807) is 0 Å². The maximum Gasteiger partial charge on any atom is 0.0244 e. The molecule has 0 aromatic rings. The van der Waals surface area contributed by atoms with Crippen molar-refractivity contribution in [3.05, 3.63) is 0 Å². The van der Waals surface area contributed by atoms with Crippen molar-refractivity contribution in [2.45, 2.75) is 51.5 Å². The third-order valence-electron chi connectivity index (χ3n) is 4.44. The van der Waals surface area contributed by atoms with Gasteiger partial charge >= 0.3 is 0 Å². The van der Waals surface area contributed by atoms with Crippen LogP contribution < -0.4 is 5.73 Å². The van der Waals surface area contributed by atoms with Gasteiger partial charge in [0.05, 0.1) is 0 Å². The lowest BCUT2D eigenvalue weighted by Gasteiger charge is -2.40. The van der Waals surface area contributed by atoms with Crippen LogP contribution >= 0.6 is 12.4 Å². The van der Waals surface area contributed by atoms with Crippen LogP contribution in [0.2, 0.25) is 0 Å². The second-order valence-electron chi connectivity index (χ2n) is 5.57. The van der Waals surface area contributed by atoms with Crippen LogP contribution in [-0.4, -0.2) is 30.6 Å². The topological polar surface area (TPSA) is 29.3 Å². The molecule has 2 aliphatic rings. The van der Waals surface area contributed by atoms with E-state index in [0.29, 0.717) is 6.04 Å². The first-order valence-electron chi connectivity index (χ1n) is 6.75. The van der Waals surface area contributed by atoms with Crippen molar-refractivity contribution in [1.29, 1.82) is 0 Å². The van der Waals surface area contributed by atoms with Gasteiger partial charge in [0.1, 0.15) is 0 Å². The quantitative estimate of drug-likeness (QED) is 0.830. The highest BCUT2D eigenvalue weighted by Gasteiger charge is 2.29. The molecule has 2 rings (SSSR count). The Labute approximate surface area is 106 Å². The van der Waals surface area contributed by atoms with Crippen molar-refractivity contribution >= 4 is 12.4 Å². The molecule has 0 aromatic heterocycles. The molecular formula is C13H27ClN2. The number of likely N-dealkylation sites (tertiary alicyclic amines) is 1. The summed E-state index contributed by atoms with van der Waals surface area (Å²) in [6.45, 7) is 5.85. The van der Waals surface area contributed by atoms with E-state index in [2.05, 4.69) is 11.8 Å². The van der Waals surface area contributed by atoms with E-state index in [-0.39, 0.29) is 12.4 Å². The van der Waals surface area contributed by atoms with Gasteiger partial charge in [-0.2, -0.15) is 0 Å². The predicted molar refractivity (Wildman–Crippen MR) is 72.0 cm³/mol. The average molecular weight is 247 g/mol. The maximum atomic E-state index is 5.92. The molecule has 1 saturated carbocycles. The standard InChI is InChI=1S/C13H26N2.ClH/c1-11-5-4-8-15(13(11)9-14)10-12-6-2-3-7-12;/h11-13H,2-10,14H2,1H3;1H. The van der Waals surface area contributed by atoms with Gasteiger partial charge in [-0.15, -0.1) is 12.4 Å². The van der Waals surface area contributed by atoms with E-state index in [1.807, 2.05) is 0 Å². The number of piperidine rings is 1. The van der Waals surface area contributed by atoms with E-state index in [1.165, 1.54) is 51.6 Å². The Bertz CT molecular complexity index is 192. The van der Waals surface area contributed by atoms with Crippen LogP contribution in [0.5, 0.6) is 0 Å². The minimum absolute atomic E-state index is 0. The van der Waals surface area contributed by atoms with Crippen LogP contribution in [0.15, 0.2) is 0 Å². The van der Waals surface area contributed by atoms with Gasteiger partial charge in [-0.3, -0.25) is 4.90 Å². The van der Waals surface area contributed by atoms with Gasteiger partial charge in [0.2, 0.25) is 0 Å². The SMILES string of the molecule is CC1CCCN(CC2CCCC2)C1CN.Cl. The minimum atomic E-state index is 0. The summed E-state index contributed by atoms with van der Waals surface area (Å²) in [4.78, 5) is 2.68. The van der Waals surface area contributed by atoms with Crippen molar-refractivity contribution in [3.63, 3.8) is 0 Å². The summed E-state index contributed by atoms with van der Waals surface area (Å²) in [5.41, 5.74) is 5.92. The predicted octanol–water partition coefficient (Wildman–Crippen LogP) is 2.66. The number of rotatable bonds is 3. The Morgan fingerprint density at radius 3 is 2.44 bits per heavy atom. The summed E-state index contributed by atoms with van der Waals surface area (Å²) >= 11 is 0. The van der Waals surface area contributed by atoms with Crippen LogP contribution in [0.3, 0.4) is 0 Å². The highest BCUT2D eigenvalue weighted by molar-refractivity contribution is 5.85. The second kappa shape index (κ2) is 6.83. The molecule has 0 aromatic carbocycles. The van der Waals surface area contributed by atoms with Crippen molar-refractivity contribution in [2.75, 3.05) is 19.6 Å². The Hall–Kier alpha value is 0.210. The van der Waals surface area contributed by atoms with Gasteiger partial charge in [-0.1, -0.05) is 19.8 Å². The Morgan fingerprint density at radius 2 is 1.81 bits per heavy atom. The van der Waals surface area contributed by atoms with Crippen molar-refractivity contribution in [1.82, 2.24) is 4.90 Å². The molecule has 1 heterocycles. The summed E-state index contributed by atoms with van der Waals surface area (Å²) in [5.74, 6) is 1.79. The molecule has 0 bridgehead atoms. The lowest BCUT2D eigenvalue weighted by molar-refractivity contribution is 0.0895. The monoisotopic (exact) mass is 246 g/mol. The van der Waals surface area contributed by atoms with Gasteiger partial charge in [0.15, 0.2) is 0 Å². The first kappa shape index (κ1) is 14.3. The smallest absolute Gasteiger partial charge is 0.0244 e. The third kappa shape index (κ3) is 3.35. The van der Waals surface area contributed by atoms with Crippen LogP contribution in [0.25, 0.3) is 0 Å². The number of nitrogens with two attached hydrogens (primary N) is 1. The molecule has 3 heteroatoms. The average Bonchev–Trinajstić information content (AvgIpc) is 2.71. The molecular weight excluding hydrogens is 220 g/mol. The largest absolute Gasteiger partial charge is 0.329 e. The van der Waals surface area contributed by atoms with Crippen LogP contribution in [0.1, 0.15) is 45.4 Å².